The van der Waals surface area contributed by atoms with Crippen molar-refractivity contribution in [2.75, 3.05) is 26.4 Å². The number of unbranched alkanes of at least 4 members (excludes halogenated alkanes) is 19. The number of rotatable bonds is 39. The minimum absolute atomic E-state index is 0.146. The summed E-state index contributed by atoms with van der Waals surface area (Å²) in [6.07, 6.45) is 23.1. The molecule has 4 unspecified atom stereocenters. The van der Waals surface area contributed by atoms with E-state index in [0.717, 1.165) is 70.6 Å². The number of hydrogen-bond acceptors (Lipinski definition) is 15. The van der Waals surface area contributed by atoms with Crippen LogP contribution in [-0.4, -0.2) is 142 Å². The normalized spacial score (nSPS) is 26.4. The van der Waals surface area contributed by atoms with E-state index in [0.29, 0.717) is 12.8 Å². The van der Waals surface area contributed by atoms with Crippen LogP contribution in [0, 0.1) is 0 Å². The van der Waals surface area contributed by atoms with E-state index in [1.54, 1.807) is 0 Å². The van der Waals surface area contributed by atoms with E-state index in [-0.39, 0.29) is 19.4 Å². The third kappa shape index (κ3) is 26.5. The van der Waals surface area contributed by atoms with Crippen LogP contribution in [0.3, 0.4) is 0 Å². The first-order valence-corrected chi connectivity index (χ1v) is 25.6. The molecule has 0 bridgehead atoms. The lowest BCUT2D eigenvalue weighted by atomic mass is 9.98. The molecule has 2 heterocycles. The van der Waals surface area contributed by atoms with Crippen molar-refractivity contribution < 1.29 is 73.8 Å². The monoisotopic (exact) mass is 943 g/mol. The quantitative estimate of drug-likeness (QED) is 0.0188. The molecule has 66 heavy (non-hydrogen) atoms. The van der Waals surface area contributed by atoms with Crippen molar-refractivity contribution in [1.29, 1.82) is 0 Å². The number of carbonyl (C=O) groups is 2. The lowest BCUT2D eigenvalue weighted by Crippen LogP contribution is -2.61. The number of allylic oxidation sites excluding steroid dienone is 6. The van der Waals surface area contributed by atoms with Crippen LogP contribution < -0.4 is 0 Å². The Morgan fingerprint density at radius 2 is 0.909 bits per heavy atom. The van der Waals surface area contributed by atoms with Crippen LogP contribution in [0.1, 0.15) is 181 Å². The van der Waals surface area contributed by atoms with Crippen LogP contribution in [0.5, 0.6) is 0 Å². The van der Waals surface area contributed by atoms with Crippen molar-refractivity contribution in [3.8, 4) is 0 Å². The number of aliphatic hydroxyl groups is 7. The molecule has 7 N–H and O–H groups in total. The average Bonchev–Trinajstić information content (AvgIpc) is 3.31. The Kier molecular flexibility index (Phi) is 35.0. The first-order valence-electron chi connectivity index (χ1n) is 25.6. The zero-order valence-corrected chi connectivity index (χ0v) is 40.4. The Bertz CT molecular complexity index is 1290. The zero-order valence-electron chi connectivity index (χ0n) is 40.4. The van der Waals surface area contributed by atoms with Crippen LogP contribution in [0.2, 0.25) is 0 Å². The van der Waals surface area contributed by atoms with Crippen LogP contribution in [0.15, 0.2) is 36.5 Å². The highest BCUT2D eigenvalue weighted by Crippen LogP contribution is 2.26. The molecule has 2 aliphatic rings. The molecule has 0 amide bonds. The number of aliphatic hydroxyl groups excluding tert-OH is 7. The maximum atomic E-state index is 13.0. The third-order valence-corrected chi connectivity index (χ3v) is 12.1. The van der Waals surface area contributed by atoms with Gasteiger partial charge >= 0.3 is 11.9 Å². The molecule has 11 atom stereocenters. The molecular weight excluding hydrogens is 853 g/mol. The van der Waals surface area contributed by atoms with Crippen molar-refractivity contribution >= 4 is 11.9 Å². The molecule has 2 fully saturated rings. The van der Waals surface area contributed by atoms with Gasteiger partial charge in [-0.3, -0.25) is 9.59 Å². The number of hydrogen-bond donors (Lipinski definition) is 7. The standard InChI is InChI=1S/C51H90O15/c1-3-5-7-9-11-13-15-17-19-21-23-25-27-29-31-33-42(53)61-36-39(64-43(54)34-32-30-28-26-24-22-20-18-16-14-12-10-8-6-4-2)37-62-50-49(60)47(58)45(56)41(66-50)38-63-51-48(59)46(57)44(55)40(35-52)65-51/h12,14,18,20-21,23,39-41,44-52,55-60H,3-11,13,15-17,19,22,24-38H2,1-2H3/b14-12+,20-18+,23-21+/t39-,40-,41-,44+,45+,46?,47?,48?,49?,50-,51-/m1/s1. The van der Waals surface area contributed by atoms with Gasteiger partial charge in [-0.25, -0.2) is 0 Å². The number of esters is 2. The SMILES string of the molecule is CCCCC/C=C/C/C=C/CCCCCCCC(=O)O[C@H](COC(=O)CCCCC/C=C/CCCCCCCCCC)CO[C@@H]1O[C@H](CO[C@@H]2O[C@H](CO)[C@H](O)C(O)C2O)[C@H](O)C(O)C1O. The summed E-state index contributed by atoms with van der Waals surface area (Å²) in [4.78, 5) is 25.7. The first kappa shape index (κ1) is 59.8. The molecule has 0 saturated carbocycles. The summed E-state index contributed by atoms with van der Waals surface area (Å²) in [7, 11) is 0. The van der Waals surface area contributed by atoms with Crippen LogP contribution in [0.25, 0.3) is 0 Å². The Morgan fingerprint density at radius 3 is 1.47 bits per heavy atom. The minimum atomic E-state index is -1.77. The Balaban J connectivity index is 1.83. The number of ether oxygens (including phenoxy) is 6. The summed E-state index contributed by atoms with van der Waals surface area (Å²) in [5.74, 6) is -0.958. The summed E-state index contributed by atoms with van der Waals surface area (Å²) >= 11 is 0. The third-order valence-electron chi connectivity index (χ3n) is 12.1. The maximum absolute atomic E-state index is 13.0. The van der Waals surface area contributed by atoms with E-state index in [1.165, 1.54) is 70.6 Å². The molecule has 0 aromatic heterocycles. The highest BCUT2D eigenvalue weighted by molar-refractivity contribution is 5.70. The van der Waals surface area contributed by atoms with Gasteiger partial charge in [-0.15, -0.1) is 0 Å². The van der Waals surface area contributed by atoms with Crippen molar-refractivity contribution in [2.24, 2.45) is 0 Å². The molecule has 0 radical (unpaired) electrons. The molecule has 0 aromatic rings. The van der Waals surface area contributed by atoms with Gasteiger partial charge in [-0.05, 0) is 70.6 Å². The second kappa shape index (κ2) is 38.6. The zero-order chi connectivity index (χ0) is 48.2. The average molecular weight is 943 g/mol. The van der Waals surface area contributed by atoms with Gasteiger partial charge in [-0.2, -0.15) is 0 Å². The van der Waals surface area contributed by atoms with E-state index in [1.807, 2.05) is 0 Å². The van der Waals surface area contributed by atoms with Crippen molar-refractivity contribution in [1.82, 2.24) is 0 Å². The predicted molar refractivity (Wildman–Crippen MR) is 252 cm³/mol. The van der Waals surface area contributed by atoms with E-state index >= 15 is 0 Å². The van der Waals surface area contributed by atoms with E-state index in [9.17, 15) is 45.3 Å². The van der Waals surface area contributed by atoms with Gasteiger partial charge in [0.25, 0.3) is 0 Å². The summed E-state index contributed by atoms with van der Waals surface area (Å²) in [5, 5.41) is 72.0. The molecule has 0 aliphatic carbocycles. The molecule has 0 spiro atoms. The smallest absolute Gasteiger partial charge is 0.306 e. The van der Waals surface area contributed by atoms with E-state index in [4.69, 9.17) is 28.4 Å². The summed E-state index contributed by atoms with van der Waals surface area (Å²) < 4.78 is 33.5. The summed E-state index contributed by atoms with van der Waals surface area (Å²) in [6.45, 7) is 2.53. The lowest BCUT2D eigenvalue weighted by Gasteiger charge is -2.42. The Hall–Kier alpha value is -2.28. The van der Waals surface area contributed by atoms with E-state index in [2.05, 4.69) is 50.3 Å². The molecule has 15 nitrogen and oxygen atoms in total. The summed E-state index contributed by atoms with van der Waals surface area (Å²) in [6, 6.07) is 0. The van der Waals surface area contributed by atoms with Gasteiger partial charge in [0.1, 0.15) is 55.4 Å². The largest absolute Gasteiger partial charge is 0.462 e. The molecule has 2 saturated heterocycles. The van der Waals surface area contributed by atoms with Gasteiger partial charge in [0.2, 0.25) is 0 Å². The highest BCUT2D eigenvalue weighted by Gasteiger charge is 2.47. The first-order chi connectivity index (χ1) is 32.0. The molecule has 2 rings (SSSR count). The fraction of sp³-hybridized carbons (Fsp3) is 0.843. The van der Waals surface area contributed by atoms with Gasteiger partial charge in [-0.1, -0.05) is 134 Å². The Morgan fingerprint density at radius 1 is 0.485 bits per heavy atom. The van der Waals surface area contributed by atoms with Gasteiger partial charge in [0, 0.05) is 12.8 Å². The fourth-order valence-electron chi connectivity index (χ4n) is 7.83. The van der Waals surface area contributed by atoms with Crippen molar-refractivity contribution in [3.63, 3.8) is 0 Å². The molecule has 15 heteroatoms. The van der Waals surface area contributed by atoms with Crippen molar-refractivity contribution in [2.45, 2.75) is 248 Å². The van der Waals surface area contributed by atoms with Gasteiger partial charge in [0.05, 0.1) is 19.8 Å². The van der Waals surface area contributed by atoms with Crippen LogP contribution in [0.4, 0.5) is 0 Å². The fourth-order valence-corrected chi connectivity index (χ4v) is 7.83. The maximum Gasteiger partial charge on any atom is 0.306 e. The summed E-state index contributed by atoms with van der Waals surface area (Å²) in [5.41, 5.74) is 0. The second-order valence-electron chi connectivity index (χ2n) is 18.0. The minimum Gasteiger partial charge on any atom is -0.462 e. The van der Waals surface area contributed by atoms with E-state index < -0.39 is 99.3 Å². The van der Waals surface area contributed by atoms with Gasteiger partial charge in [0.15, 0.2) is 18.7 Å². The predicted octanol–water partition coefficient (Wildman–Crippen LogP) is 6.93. The molecular formula is C51H90O15. The Labute approximate surface area is 395 Å². The van der Waals surface area contributed by atoms with Gasteiger partial charge < -0.3 is 64.2 Å². The number of carbonyl (C=O) groups excluding carboxylic acids is 2. The molecule has 0 aromatic carbocycles. The molecule has 2 aliphatic heterocycles. The second-order valence-corrected chi connectivity index (χ2v) is 18.0. The van der Waals surface area contributed by atoms with Crippen LogP contribution >= 0.6 is 0 Å². The highest BCUT2D eigenvalue weighted by atomic mass is 16.7. The van der Waals surface area contributed by atoms with Crippen LogP contribution in [-0.2, 0) is 38.0 Å². The lowest BCUT2D eigenvalue weighted by molar-refractivity contribution is -0.332. The molecule has 384 valence electrons. The van der Waals surface area contributed by atoms with Crippen molar-refractivity contribution in [3.05, 3.63) is 36.5 Å². The topological polar surface area (TPSA) is 231 Å².